The zero-order chi connectivity index (χ0) is 10.7. The lowest BCUT2D eigenvalue weighted by molar-refractivity contribution is 0.101. The summed E-state index contributed by atoms with van der Waals surface area (Å²) in [5.41, 5.74) is 1.84. The minimum atomic E-state index is 0.100. The highest BCUT2D eigenvalue weighted by Crippen LogP contribution is 2.16. The van der Waals surface area contributed by atoms with Gasteiger partial charge in [0.25, 0.3) is 0 Å². The van der Waals surface area contributed by atoms with Crippen LogP contribution in [-0.4, -0.2) is 32.0 Å². The molecule has 0 atom stereocenters. The Kier molecular flexibility index (Phi) is 3.02. The number of carbonyl (C=O) groups excluding carboxylic acids is 1. The summed E-state index contributed by atoms with van der Waals surface area (Å²) in [5.74, 6) is 0.100. The van der Waals surface area contributed by atoms with Crippen LogP contribution in [0.25, 0.3) is 0 Å². The van der Waals surface area contributed by atoms with Crippen LogP contribution in [-0.2, 0) is 0 Å². The van der Waals surface area contributed by atoms with Gasteiger partial charge in [0.15, 0.2) is 5.78 Å². The second kappa shape index (κ2) is 4.45. The molecule has 79 valence electrons. The Morgan fingerprint density at radius 2 is 2.13 bits per heavy atom. The first-order chi connectivity index (χ1) is 7.27. The molecule has 0 aromatic heterocycles. The first-order valence-corrected chi connectivity index (χ1v) is 5.25. The molecule has 3 nitrogen and oxygen atoms in total. The van der Waals surface area contributed by atoms with E-state index in [2.05, 4.69) is 16.3 Å². The molecule has 1 radical (unpaired) electrons. The number of piperazine rings is 1. The van der Waals surface area contributed by atoms with E-state index in [0.717, 1.165) is 37.4 Å². The summed E-state index contributed by atoms with van der Waals surface area (Å²) in [6, 6.07) is 8.66. The molecule has 0 saturated carbocycles. The molecule has 0 unspecified atom stereocenters. The first-order valence-electron chi connectivity index (χ1n) is 5.25. The largest absolute Gasteiger partial charge is 0.369 e. The Morgan fingerprint density at radius 3 is 2.80 bits per heavy atom. The topological polar surface area (TPSA) is 32.3 Å². The van der Waals surface area contributed by atoms with Gasteiger partial charge in [0.2, 0.25) is 0 Å². The smallest absolute Gasteiger partial charge is 0.159 e. The number of carbonyl (C=O) groups is 1. The van der Waals surface area contributed by atoms with Crippen molar-refractivity contribution in [2.75, 3.05) is 31.1 Å². The minimum Gasteiger partial charge on any atom is -0.369 e. The number of ketones is 1. The Morgan fingerprint density at radius 1 is 1.40 bits per heavy atom. The molecule has 0 spiro atoms. The third-order valence-electron chi connectivity index (χ3n) is 2.66. The molecule has 0 aliphatic carbocycles. The zero-order valence-corrected chi connectivity index (χ0v) is 8.92. The first kappa shape index (κ1) is 10.2. The summed E-state index contributed by atoms with van der Waals surface area (Å²) >= 11 is 0. The van der Waals surface area contributed by atoms with E-state index >= 15 is 0 Å². The molecule has 3 heteroatoms. The van der Waals surface area contributed by atoms with Gasteiger partial charge in [0.1, 0.15) is 0 Å². The van der Waals surface area contributed by atoms with Gasteiger partial charge in [-0.1, -0.05) is 0 Å². The molecule has 1 fully saturated rings. The third-order valence-corrected chi connectivity index (χ3v) is 2.66. The summed E-state index contributed by atoms with van der Waals surface area (Å²) < 4.78 is 0. The lowest BCUT2D eigenvalue weighted by atomic mass is 10.1. The number of nitrogens with one attached hydrogen (secondary N) is 1. The second-order valence-corrected chi connectivity index (χ2v) is 3.77. The molecule has 1 saturated heterocycles. The molecule has 1 aliphatic rings. The van der Waals surface area contributed by atoms with Crippen molar-refractivity contribution in [3.63, 3.8) is 0 Å². The van der Waals surface area contributed by atoms with Crippen LogP contribution >= 0.6 is 0 Å². The van der Waals surface area contributed by atoms with Gasteiger partial charge in [-0.25, -0.2) is 0 Å². The van der Waals surface area contributed by atoms with E-state index in [0.29, 0.717) is 0 Å². The van der Waals surface area contributed by atoms with Gasteiger partial charge in [0.05, 0.1) is 0 Å². The molecule has 1 aromatic carbocycles. The van der Waals surface area contributed by atoms with E-state index in [1.807, 2.05) is 12.1 Å². The Bertz CT molecular complexity index is 356. The fraction of sp³-hybridized carbons (Fsp3) is 0.417. The third kappa shape index (κ3) is 2.36. The molecule has 1 aliphatic heterocycles. The van der Waals surface area contributed by atoms with E-state index in [1.54, 1.807) is 13.0 Å². The number of Topliss-reactive ketones (excluding diaryl/α,β-unsaturated/α-hetero) is 1. The molecule has 0 bridgehead atoms. The summed E-state index contributed by atoms with van der Waals surface area (Å²) in [6.07, 6.45) is 0. The number of benzene rings is 1. The van der Waals surface area contributed by atoms with Crippen molar-refractivity contribution < 1.29 is 4.79 Å². The van der Waals surface area contributed by atoms with Gasteiger partial charge in [-0.05, 0) is 31.2 Å². The molecular formula is C12H15N2O. The van der Waals surface area contributed by atoms with Crippen LogP contribution in [0.15, 0.2) is 18.2 Å². The average Bonchev–Trinajstić information content (AvgIpc) is 2.30. The lowest BCUT2D eigenvalue weighted by Gasteiger charge is -2.29. The molecule has 15 heavy (non-hydrogen) atoms. The fourth-order valence-electron chi connectivity index (χ4n) is 1.77. The van der Waals surface area contributed by atoms with Crippen molar-refractivity contribution in [2.24, 2.45) is 0 Å². The van der Waals surface area contributed by atoms with Gasteiger partial charge in [-0.3, -0.25) is 4.79 Å². The Hall–Kier alpha value is -1.35. The van der Waals surface area contributed by atoms with Crippen molar-refractivity contribution in [2.45, 2.75) is 6.92 Å². The SMILES string of the molecule is CC(=O)c1c[c]cc(N2CCNCC2)c1. The van der Waals surface area contributed by atoms with E-state index < -0.39 is 0 Å². The van der Waals surface area contributed by atoms with Crippen molar-refractivity contribution >= 4 is 11.5 Å². The maximum absolute atomic E-state index is 11.2. The number of anilines is 1. The van der Waals surface area contributed by atoms with Gasteiger partial charge in [0, 0.05) is 37.4 Å². The number of hydrogen-bond donors (Lipinski definition) is 1. The van der Waals surface area contributed by atoms with E-state index in [9.17, 15) is 4.79 Å². The highest BCUT2D eigenvalue weighted by atomic mass is 16.1. The summed E-state index contributed by atoms with van der Waals surface area (Å²) in [7, 11) is 0. The normalized spacial score (nSPS) is 16.5. The Balaban J connectivity index is 2.19. The predicted molar refractivity (Wildman–Crippen MR) is 60.4 cm³/mol. The van der Waals surface area contributed by atoms with Crippen molar-refractivity contribution in [3.8, 4) is 0 Å². The highest BCUT2D eigenvalue weighted by Gasteiger charge is 2.11. The number of hydrogen-bond acceptors (Lipinski definition) is 3. The van der Waals surface area contributed by atoms with Crippen LogP contribution in [0.3, 0.4) is 0 Å². The van der Waals surface area contributed by atoms with Crippen molar-refractivity contribution in [3.05, 3.63) is 29.8 Å². The van der Waals surface area contributed by atoms with Crippen LogP contribution < -0.4 is 10.2 Å². The summed E-state index contributed by atoms with van der Waals surface area (Å²) in [6.45, 7) is 5.59. The van der Waals surface area contributed by atoms with E-state index in [1.165, 1.54) is 0 Å². The molecule has 1 heterocycles. The quantitative estimate of drug-likeness (QED) is 0.730. The second-order valence-electron chi connectivity index (χ2n) is 3.77. The lowest BCUT2D eigenvalue weighted by Crippen LogP contribution is -2.43. The van der Waals surface area contributed by atoms with E-state index in [-0.39, 0.29) is 5.78 Å². The monoisotopic (exact) mass is 203 g/mol. The van der Waals surface area contributed by atoms with Gasteiger partial charge in [-0.2, -0.15) is 0 Å². The van der Waals surface area contributed by atoms with Crippen LogP contribution in [0.1, 0.15) is 17.3 Å². The molecule has 1 aromatic rings. The van der Waals surface area contributed by atoms with Crippen LogP contribution in [0, 0.1) is 6.07 Å². The molecular weight excluding hydrogens is 188 g/mol. The van der Waals surface area contributed by atoms with Crippen LogP contribution in [0.5, 0.6) is 0 Å². The van der Waals surface area contributed by atoms with Crippen LogP contribution in [0.2, 0.25) is 0 Å². The van der Waals surface area contributed by atoms with Gasteiger partial charge >= 0.3 is 0 Å². The van der Waals surface area contributed by atoms with Crippen molar-refractivity contribution in [1.82, 2.24) is 5.32 Å². The highest BCUT2D eigenvalue weighted by molar-refractivity contribution is 5.94. The molecule has 0 amide bonds. The minimum absolute atomic E-state index is 0.100. The maximum Gasteiger partial charge on any atom is 0.159 e. The number of nitrogens with zero attached hydrogens (tertiary/aromatic N) is 1. The molecule has 2 rings (SSSR count). The molecule has 1 N–H and O–H groups in total. The fourth-order valence-corrected chi connectivity index (χ4v) is 1.77. The van der Waals surface area contributed by atoms with Crippen molar-refractivity contribution in [1.29, 1.82) is 0 Å². The van der Waals surface area contributed by atoms with E-state index in [4.69, 9.17) is 0 Å². The predicted octanol–water partition coefficient (Wildman–Crippen LogP) is 1.10. The van der Waals surface area contributed by atoms with Gasteiger partial charge < -0.3 is 10.2 Å². The summed E-state index contributed by atoms with van der Waals surface area (Å²) in [4.78, 5) is 13.5. The zero-order valence-electron chi connectivity index (χ0n) is 8.92. The van der Waals surface area contributed by atoms with Crippen LogP contribution in [0.4, 0.5) is 5.69 Å². The Labute approximate surface area is 90.1 Å². The number of rotatable bonds is 2. The van der Waals surface area contributed by atoms with Gasteiger partial charge in [-0.15, -0.1) is 0 Å². The maximum atomic E-state index is 11.2. The summed E-state index contributed by atoms with van der Waals surface area (Å²) in [5, 5.41) is 3.30. The standard InChI is InChI=1S/C12H15N2O/c1-10(15)11-3-2-4-12(9-11)14-7-5-13-6-8-14/h3-4,9,13H,5-8H2,1H3. The average molecular weight is 203 g/mol.